The van der Waals surface area contributed by atoms with Crippen molar-refractivity contribution in [3.8, 4) is 0 Å². The molecule has 1 amide bonds. The number of carbonyl (C=O) groups excluding carboxylic acids is 1. The summed E-state index contributed by atoms with van der Waals surface area (Å²) in [4.78, 5) is 24.3. The zero-order valence-corrected chi connectivity index (χ0v) is 15.3. The molecule has 24 heavy (non-hydrogen) atoms. The first kappa shape index (κ1) is 17.0. The van der Waals surface area contributed by atoms with Crippen LogP contribution >= 0.6 is 39.1 Å². The summed E-state index contributed by atoms with van der Waals surface area (Å²) in [6, 6.07) is 11.8. The summed E-state index contributed by atoms with van der Waals surface area (Å²) in [5.41, 5.74) is 1.02. The van der Waals surface area contributed by atoms with E-state index in [-0.39, 0.29) is 17.9 Å². The third-order valence-corrected chi connectivity index (χ3v) is 4.79. The lowest BCUT2D eigenvalue weighted by molar-refractivity contribution is -0.116. The zero-order valence-electron chi connectivity index (χ0n) is 12.2. The first-order valence-corrected chi connectivity index (χ1v) is 8.53. The topological polar surface area (TPSA) is 51.1 Å². The number of nitrogens with zero attached hydrogens (tertiary/aromatic N) is 1. The third kappa shape index (κ3) is 3.48. The van der Waals surface area contributed by atoms with E-state index in [1.807, 2.05) is 0 Å². The Morgan fingerprint density at radius 2 is 1.96 bits per heavy atom. The van der Waals surface area contributed by atoms with E-state index in [2.05, 4.69) is 21.2 Å². The van der Waals surface area contributed by atoms with Gasteiger partial charge in [0.1, 0.15) is 6.54 Å². The molecule has 1 heterocycles. The lowest BCUT2D eigenvalue weighted by Gasteiger charge is -2.12. The van der Waals surface area contributed by atoms with Gasteiger partial charge in [-0.2, -0.15) is 0 Å². The molecule has 4 nitrogen and oxygen atoms in total. The summed E-state index contributed by atoms with van der Waals surface area (Å²) in [6.45, 7) is 0.0378. The van der Waals surface area contributed by atoms with Crippen molar-refractivity contribution in [2.75, 3.05) is 5.32 Å². The maximum atomic E-state index is 12.3. The Morgan fingerprint density at radius 1 is 1.17 bits per heavy atom. The van der Waals surface area contributed by atoms with Gasteiger partial charge in [0, 0.05) is 22.1 Å². The summed E-state index contributed by atoms with van der Waals surface area (Å²) < 4.78 is 2.53. The number of hydrogen-bond acceptors (Lipinski definition) is 2. The van der Waals surface area contributed by atoms with Crippen LogP contribution in [0.1, 0.15) is 0 Å². The second kappa shape index (κ2) is 6.97. The van der Waals surface area contributed by atoms with Gasteiger partial charge in [0.05, 0.1) is 21.2 Å². The molecule has 3 aromatic rings. The fourth-order valence-corrected chi connectivity index (χ4v) is 3.06. The molecule has 3 rings (SSSR count). The molecule has 0 aliphatic carbocycles. The van der Waals surface area contributed by atoms with Gasteiger partial charge in [-0.3, -0.25) is 9.59 Å². The minimum atomic E-state index is -0.274. The summed E-state index contributed by atoms with van der Waals surface area (Å²) in [6.07, 6.45) is 1.59. The molecule has 7 heteroatoms. The van der Waals surface area contributed by atoms with Gasteiger partial charge in [-0.15, -0.1) is 0 Å². The van der Waals surface area contributed by atoms with Crippen LogP contribution in [0.15, 0.2) is 57.9 Å². The van der Waals surface area contributed by atoms with E-state index >= 15 is 0 Å². The van der Waals surface area contributed by atoms with Gasteiger partial charge in [-0.05, 0) is 30.3 Å². The Labute approximate surface area is 156 Å². The summed E-state index contributed by atoms with van der Waals surface area (Å²) in [5.74, 6) is -0.274. The Balaban J connectivity index is 1.91. The predicted octanol–water partition coefficient (Wildman–Crippen LogP) is 4.71. The second-order valence-corrected chi connectivity index (χ2v) is 6.82. The molecule has 0 radical (unpaired) electrons. The SMILES string of the molecule is O=C(Cn1ccc(=O)c2ccc(Br)cc21)Nc1cccc(Cl)c1Cl. The van der Waals surface area contributed by atoms with Crippen molar-refractivity contribution in [3.05, 3.63) is 73.4 Å². The first-order valence-electron chi connectivity index (χ1n) is 6.98. The molecule has 0 saturated heterocycles. The van der Waals surface area contributed by atoms with Crippen molar-refractivity contribution >= 4 is 61.6 Å². The van der Waals surface area contributed by atoms with Crippen LogP contribution in [-0.4, -0.2) is 10.5 Å². The standard InChI is InChI=1S/C17H11BrCl2N2O2/c18-10-4-5-11-14(8-10)22(7-6-15(11)23)9-16(24)21-13-3-1-2-12(19)17(13)20/h1-8H,9H2,(H,21,24). The number of benzene rings is 2. The molecule has 0 bridgehead atoms. The number of anilines is 1. The second-order valence-electron chi connectivity index (χ2n) is 5.12. The molecule has 0 saturated carbocycles. The van der Waals surface area contributed by atoms with Gasteiger partial charge in [0.2, 0.25) is 5.91 Å². The van der Waals surface area contributed by atoms with E-state index in [1.165, 1.54) is 6.07 Å². The molecule has 1 aromatic heterocycles. The monoisotopic (exact) mass is 424 g/mol. The van der Waals surface area contributed by atoms with Crippen LogP contribution in [0.25, 0.3) is 10.9 Å². The molecule has 0 aliphatic rings. The molecular formula is C17H11BrCl2N2O2. The smallest absolute Gasteiger partial charge is 0.244 e. The van der Waals surface area contributed by atoms with E-state index < -0.39 is 0 Å². The minimum absolute atomic E-state index is 0.0378. The number of carbonyl (C=O) groups is 1. The maximum absolute atomic E-state index is 12.3. The van der Waals surface area contributed by atoms with Crippen molar-refractivity contribution in [1.29, 1.82) is 0 Å². The highest BCUT2D eigenvalue weighted by Crippen LogP contribution is 2.29. The molecule has 0 unspecified atom stereocenters. The molecule has 1 N–H and O–H groups in total. The van der Waals surface area contributed by atoms with Crippen molar-refractivity contribution in [2.45, 2.75) is 6.54 Å². The van der Waals surface area contributed by atoms with Crippen LogP contribution < -0.4 is 10.7 Å². The number of hydrogen-bond donors (Lipinski definition) is 1. The highest BCUT2D eigenvalue weighted by Gasteiger charge is 2.11. The van der Waals surface area contributed by atoms with Gasteiger partial charge < -0.3 is 9.88 Å². The number of aromatic nitrogens is 1. The number of fused-ring (bicyclic) bond motifs is 1. The van der Waals surface area contributed by atoms with Crippen LogP contribution in [-0.2, 0) is 11.3 Å². The number of nitrogens with one attached hydrogen (secondary N) is 1. The largest absolute Gasteiger partial charge is 0.338 e. The van der Waals surface area contributed by atoms with Gasteiger partial charge in [0.15, 0.2) is 5.43 Å². The third-order valence-electron chi connectivity index (χ3n) is 3.48. The maximum Gasteiger partial charge on any atom is 0.244 e. The van der Waals surface area contributed by atoms with Gasteiger partial charge in [0.25, 0.3) is 0 Å². The Morgan fingerprint density at radius 3 is 2.75 bits per heavy atom. The van der Waals surface area contributed by atoms with E-state index in [0.717, 1.165) is 4.47 Å². The summed E-state index contributed by atoms with van der Waals surface area (Å²) >= 11 is 15.4. The molecule has 0 spiro atoms. The van der Waals surface area contributed by atoms with E-state index in [9.17, 15) is 9.59 Å². The summed E-state index contributed by atoms with van der Waals surface area (Å²) in [5, 5.41) is 3.94. The summed E-state index contributed by atoms with van der Waals surface area (Å²) in [7, 11) is 0. The van der Waals surface area contributed by atoms with Crippen LogP contribution in [0, 0.1) is 0 Å². The van der Waals surface area contributed by atoms with E-state index in [4.69, 9.17) is 23.2 Å². The van der Waals surface area contributed by atoms with Crippen LogP contribution in [0.3, 0.4) is 0 Å². The number of rotatable bonds is 3. The number of amides is 1. The Kier molecular flexibility index (Phi) is 4.94. The molecule has 122 valence electrons. The normalized spacial score (nSPS) is 10.8. The fourth-order valence-electron chi connectivity index (χ4n) is 2.36. The number of halogens is 3. The molecule has 0 aliphatic heterocycles. The van der Waals surface area contributed by atoms with Crippen molar-refractivity contribution < 1.29 is 4.79 Å². The minimum Gasteiger partial charge on any atom is -0.338 e. The lowest BCUT2D eigenvalue weighted by atomic mass is 10.2. The van der Waals surface area contributed by atoms with Crippen LogP contribution in [0.2, 0.25) is 10.0 Å². The quantitative estimate of drug-likeness (QED) is 0.660. The highest BCUT2D eigenvalue weighted by molar-refractivity contribution is 9.10. The predicted molar refractivity (Wildman–Crippen MR) is 101 cm³/mol. The molecule has 0 atom stereocenters. The van der Waals surface area contributed by atoms with Gasteiger partial charge in [-0.25, -0.2) is 0 Å². The van der Waals surface area contributed by atoms with Crippen LogP contribution in [0.5, 0.6) is 0 Å². The lowest BCUT2D eigenvalue weighted by Crippen LogP contribution is -2.20. The van der Waals surface area contributed by atoms with Gasteiger partial charge >= 0.3 is 0 Å². The number of pyridine rings is 1. The van der Waals surface area contributed by atoms with Crippen molar-refractivity contribution in [1.82, 2.24) is 4.57 Å². The first-order chi connectivity index (χ1) is 11.5. The average molecular weight is 426 g/mol. The highest BCUT2D eigenvalue weighted by atomic mass is 79.9. The molecular weight excluding hydrogens is 415 g/mol. The zero-order chi connectivity index (χ0) is 17.3. The molecule has 0 fully saturated rings. The van der Waals surface area contributed by atoms with Crippen molar-refractivity contribution in [3.63, 3.8) is 0 Å². The van der Waals surface area contributed by atoms with Crippen molar-refractivity contribution in [2.24, 2.45) is 0 Å². The van der Waals surface area contributed by atoms with Crippen LogP contribution in [0.4, 0.5) is 5.69 Å². The van der Waals surface area contributed by atoms with E-state index in [0.29, 0.717) is 26.6 Å². The molecule has 2 aromatic carbocycles. The average Bonchev–Trinajstić information content (AvgIpc) is 2.54. The fraction of sp³-hybridized carbons (Fsp3) is 0.0588. The Bertz CT molecular complexity index is 1000. The Hall–Kier alpha value is -1.82. The van der Waals surface area contributed by atoms with E-state index in [1.54, 1.807) is 47.2 Å². The van der Waals surface area contributed by atoms with Gasteiger partial charge in [-0.1, -0.05) is 45.2 Å².